The molecule has 1 aromatic rings. The number of benzene rings is 1. The van der Waals surface area contributed by atoms with E-state index in [1.54, 1.807) is 11.8 Å². The Kier molecular flexibility index (Phi) is 4.91. The first-order chi connectivity index (χ1) is 12.0. The van der Waals surface area contributed by atoms with Crippen LogP contribution in [0, 0.1) is 23.1 Å². The van der Waals surface area contributed by atoms with Gasteiger partial charge in [-0.25, -0.2) is 4.39 Å². The zero-order valence-electron chi connectivity index (χ0n) is 14.4. The van der Waals surface area contributed by atoms with Crippen LogP contribution in [0.25, 0.3) is 0 Å². The van der Waals surface area contributed by atoms with Crippen molar-refractivity contribution in [2.45, 2.75) is 54.2 Å². The molecule has 4 aliphatic carbocycles. The van der Waals surface area contributed by atoms with Gasteiger partial charge in [-0.15, -0.1) is 11.8 Å². The normalized spacial score (nSPS) is 35.8. The van der Waals surface area contributed by atoms with E-state index in [2.05, 4.69) is 21.2 Å². The molecule has 0 heterocycles. The van der Waals surface area contributed by atoms with Crippen molar-refractivity contribution in [3.63, 3.8) is 0 Å². The maximum Gasteiger partial charge on any atom is 0.226 e. The number of hydrogen-bond acceptors (Lipinski definition) is 2. The minimum absolute atomic E-state index is 0.113. The summed E-state index contributed by atoms with van der Waals surface area (Å²) in [7, 11) is 0. The van der Waals surface area contributed by atoms with Crippen molar-refractivity contribution in [2.75, 3.05) is 12.3 Å². The van der Waals surface area contributed by atoms with Gasteiger partial charge in [-0.3, -0.25) is 4.79 Å². The molecule has 0 radical (unpaired) electrons. The fourth-order valence-electron chi connectivity index (χ4n) is 5.60. The second-order valence-corrected chi connectivity index (χ2v) is 11.2. The quantitative estimate of drug-likeness (QED) is 0.387. The van der Waals surface area contributed by atoms with Crippen LogP contribution in [0.2, 0.25) is 0 Å². The van der Waals surface area contributed by atoms with Crippen molar-refractivity contribution in [2.24, 2.45) is 17.3 Å². The summed E-state index contributed by atoms with van der Waals surface area (Å²) in [5.41, 5.74) is -0.113. The SMILES string of the molecule is O=C(NCCCSc1ccc(F)cc1)C12CC3CC(CC(Br)(C3)C1)C2. The minimum Gasteiger partial charge on any atom is -0.356 e. The number of thioether (sulfide) groups is 1. The highest BCUT2D eigenvalue weighted by Gasteiger charge is 2.59. The van der Waals surface area contributed by atoms with Gasteiger partial charge in [-0.2, -0.15) is 0 Å². The van der Waals surface area contributed by atoms with E-state index in [-0.39, 0.29) is 21.5 Å². The highest BCUT2D eigenvalue weighted by atomic mass is 79.9. The smallest absolute Gasteiger partial charge is 0.226 e. The predicted octanol–water partition coefficient (Wildman–Crippen LogP) is 5.16. The van der Waals surface area contributed by atoms with Gasteiger partial charge in [0, 0.05) is 15.8 Å². The molecule has 0 aromatic heterocycles. The average Bonchev–Trinajstić information content (AvgIpc) is 2.54. The van der Waals surface area contributed by atoms with Gasteiger partial charge in [0.2, 0.25) is 5.91 Å². The third-order valence-electron chi connectivity index (χ3n) is 6.16. The van der Waals surface area contributed by atoms with Crippen LogP contribution in [0.5, 0.6) is 0 Å². The summed E-state index contributed by atoms with van der Waals surface area (Å²) in [6, 6.07) is 6.60. The largest absolute Gasteiger partial charge is 0.356 e. The minimum atomic E-state index is -0.197. The number of carbonyl (C=O) groups excluding carboxylic acids is 1. The summed E-state index contributed by atoms with van der Waals surface area (Å²) < 4.78 is 13.1. The third kappa shape index (κ3) is 3.78. The maximum absolute atomic E-state index is 12.9. The Hall–Kier alpha value is -0.550. The van der Waals surface area contributed by atoms with Crippen LogP contribution in [0.15, 0.2) is 29.2 Å². The molecule has 2 nitrogen and oxygen atoms in total. The van der Waals surface area contributed by atoms with Gasteiger partial charge in [0.05, 0.1) is 5.41 Å². The number of rotatable bonds is 6. The molecular formula is C20H25BrFNOS. The molecule has 2 atom stereocenters. The number of nitrogens with one attached hydrogen (secondary N) is 1. The van der Waals surface area contributed by atoms with Crippen LogP contribution < -0.4 is 5.32 Å². The molecule has 25 heavy (non-hydrogen) atoms. The van der Waals surface area contributed by atoms with Crippen LogP contribution in [-0.2, 0) is 4.79 Å². The first-order valence-corrected chi connectivity index (χ1v) is 11.1. The molecule has 1 amide bonds. The Bertz CT molecular complexity index is 636. The van der Waals surface area contributed by atoms with Crippen molar-refractivity contribution in [3.05, 3.63) is 30.1 Å². The highest BCUT2D eigenvalue weighted by Crippen LogP contribution is 2.64. The van der Waals surface area contributed by atoms with Crippen LogP contribution in [0.1, 0.15) is 44.9 Å². The Morgan fingerprint density at radius 1 is 1.20 bits per heavy atom. The molecular weight excluding hydrogens is 401 g/mol. The molecule has 4 bridgehead atoms. The third-order valence-corrected chi connectivity index (χ3v) is 8.19. The van der Waals surface area contributed by atoms with E-state index >= 15 is 0 Å². The summed E-state index contributed by atoms with van der Waals surface area (Å²) in [5.74, 6) is 2.50. The molecule has 0 spiro atoms. The van der Waals surface area contributed by atoms with E-state index < -0.39 is 0 Å². The van der Waals surface area contributed by atoms with E-state index in [1.165, 1.54) is 31.4 Å². The van der Waals surface area contributed by atoms with E-state index in [1.807, 2.05) is 12.1 Å². The maximum atomic E-state index is 12.9. The molecule has 4 saturated carbocycles. The predicted molar refractivity (Wildman–Crippen MR) is 104 cm³/mol. The van der Waals surface area contributed by atoms with E-state index in [0.29, 0.717) is 0 Å². The van der Waals surface area contributed by atoms with Gasteiger partial charge in [0.1, 0.15) is 5.82 Å². The van der Waals surface area contributed by atoms with Gasteiger partial charge in [-0.1, -0.05) is 15.9 Å². The highest BCUT2D eigenvalue weighted by molar-refractivity contribution is 9.10. The van der Waals surface area contributed by atoms with Crippen LogP contribution >= 0.6 is 27.7 Å². The van der Waals surface area contributed by atoms with E-state index in [4.69, 9.17) is 0 Å². The Morgan fingerprint density at radius 3 is 2.52 bits per heavy atom. The zero-order valence-corrected chi connectivity index (χ0v) is 16.8. The first kappa shape index (κ1) is 17.8. The van der Waals surface area contributed by atoms with Crippen molar-refractivity contribution < 1.29 is 9.18 Å². The molecule has 5 heteroatoms. The summed E-state index contributed by atoms with van der Waals surface area (Å²) in [5, 5.41) is 3.22. The molecule has 1 N–H and O–H groups in total. The molecule has 0 saturated heterocycles. The Labute approximate surface area is 161 Å². The van der Waals surface area contributed by atoms with Crippen LogP contribution in [-0.4, -0.2) is 22.5 Å². The molecule has 5 rings (SSSR count). The fourth-order valence-corrected chi connectivity index (χ4v) is 7.90. The molecule has 136 valence electrons. The standard InChI is InChI=1S/C20H25BrFNOS/c21-20-11-14-8-15(12-20)10-19(9-14,13-20)18(24)23-6-1-7-25-17-4-2-16(22)3-5-17/h2-5,14-15H,1,6-13H2,(H,23,24). The van der Waals surface area contributed by atoms with Crippen molar-refractivity contribution >= 4 is 33.6 Å². The molecule has 4 fully saturated rings. The lowest BCUT2D eigenvalue weighted by Gasteiger charge is -2.59. The molecule has 0 aliphatic heterocycles. The van der Waals surface area contributed by atoms with Crippen molar-refractivity contribution in [1.29, 1.82) is 0 Å². The molecule has 2 unspecified atom stereocenters. The van der Waals surface area contributed by atoms with Crippen molar-refractivity contribution in [1.82, 2.24) is 5.32 Å². The lowest BCUT2D eigenvalue weighted by molar-refractivity contribution is -0.144. The van der Waals surface area contributed by atoms with E-state index in [0.717, 1.165) is 54.7 Å². The summed E-state index contributed by atoms with van der Waals surface area (Å²) >= 11 is 5.69. The second-order valence-electron chi connectivity index (χ2n) is 8.30. The molecule has 1 aromatic carbocycles. The number of hydrogen-bond donors (Lipinski definition) is 1. The summed E-state index contributed by atoms with van der Waals surface area (Å²) in [6.45, 7) is 0.736. The first-order valence-electron chi connectivity index (χ1n) is 9.32. The van der Waals surface area contributed by atoms with Crippen LogP contribution in [0.3, 0.4) is 0 Å². The van der Waals surface area contributed by atoms with Gasteiger partial charge >= 0.3 is 0 Å². The van der Waals surface area contributed by atoms with Crippen molar-refractivity contribution in [3.8, 4) is 0 Å². The monoisotopic (exact) mass is 425 g/mol. The Morgan fingerprint density at radius 2 is 1.88 bits per heavy atom. The van der Waals surface area contributed by atoms with Gasteiger partial charge in [0.15, 0.2) is 0 Å². The number of alkyl halides is 1. The van der Waals surface area contributed by atoms with Gasteiger partial charge < -0.3 is 5.32 Å². The lowest BCUT2D eigenvalue weighted by Crippen LogP contribution is -2.58. The number of carbonyl (C=O) groups is 1. The van der Waals surface area contributed by atoms with Gasteiger partial charge in [0.25, 0.3) is 0 Å². The number of halogens is 2. The molecule has 4 aliphatic rings. The number of amides is 1. The lowest BCUT2D eigenvalue weighted by atomic mass is 9.49. The van der Waals surface area contributed by atoms with E-state index in [9.17, 15) is 9.18 Å². The Balaban J connectivity index is 1.25. The summed E-state index contributed by atoms with van der Waals surface area (Å²) in [6.07, 6.45) is 7.98. The summed E-state index contributed by atoms with van der Waals surface area (Å²) in [4.78, 5) is 14.0. The average molecular weight is 426 g/mol. The van der Waals surface area contributed by atoms with Gasteiger partial charge in [-0.05, 0) is 86.8 Å². The fraction of sp³-hybridized carbons (Fsp3) is 0.650. The second kappa shape index (κ2) is 6.88. The zero-order chi connectivity index (χ0) is 17.5. The van der Waals surface area contributed by atoms with Crippen LogP contribution in [0.4, 0.5) is 4.39 Å². The topological polar surface area (TPSA) is 29.1 Å².